The number of nitrogens with zero attached hydrogens (tertiary/aromatic N) is 3. The molecule has 1 heterocycles. The number of hydrogen-bond donors (Lipinski definition) is 1. The molecule has 0 radical (unpaired) electrons. The molecule has 9 heteroatoms. The zero-order chi connectivity index (χ0) is 21.5. The van der Waals surface area contributed by atoms with E-state index in [1.165, 1.54) is 18.7 Å². The number of benzene rings is 2. The van der Waals surface area contributed by atoms with Crippen molar-refractivity contribution in [1.82, 2.24) is 14.8 Å². The highest BCUT2D eigenvalue weighted by Gasteiger charge is 2.14. The Morgan fingerprint density at radius 3 is 2.43 bits per heavy atom. The van der Waals surface area contributed by atoms with Crippen LogP contribution in [0.15, 0.2) is 53.7 Å². The van der Waals surface area contributed by atoms with Crippen LogP contribution in [0.2, 0.25) is 5.02 Å². The molecule has 156 valence electrons. The molecule has 0 spiro atoms. The van der Waals surface area contributed by atoms with Crippen LogP contribution in [0, 0.1) is 0 Å². The van der Waals surface area contributed by atoms with Crippen molar-refractivity contribution in [3.8, 4) is 5.75 Å². The molecule has 7 nitrogen and oxygen atoms in total. The molecule has 3 rings (SSSR count). The molecule has 0 atom stereocenters. The van der Waals surface area contributed by atoms with Gasteiger partial charge >= 0.3 is 0 Å². The van der Waals surface area contributed by atoms with E-state index >= 15 is 0 Å². The number of nitrogens with one attached hydrogen (secondary N) is 1. The Kier molecular flexibility index (Phi) is 7.48. The van der Waals surface area contributed by atoms with Gasteiger partial charge in [0.25, 0.3) is 0 Å². The fourth-order valence-corrected chi connectivity index (χ4v) is 3.59. The number of aromatic nitrogens is 3. The van der Waals surface area contributed by atoms with Crippen molar-refractivity contribution in [3.05, 3.63) is 64.9 Å². The molecule has 3 aromatic rings. The summed E-state index contributed by atoms with van der Waals surface area (Å²) < 4.78 is 7.65. The van der Waals surface area contributed by atoms with Crippen molar-refractivity contribution in [2.75, 3.05) is 11.1 Å². The number of carbonyl (C=O) groups is 2. The molecule has 0 aliphatic carbocycles. The van der Waals surface area contributed by atoms with Crippen molar-refractivity contribution in [2.45, 2.75) is 32.2 Å². The van der Waals surface area contributed by atoms with Crippen LogP contribution >= 0.6 is 23.4 Å². The Bertz CT molecular complexity index is 1020. The number of thioether (sulfide) groups is 1. The van der Waals surface area contributed by atoms with Crippen molar-refractivity contribution in [1.29, 1.82) is 0 Å². The highest BCUT2D eigenvalue weighted by Crippen LogP contribution is 2.20. The molecule has 0 fully saturated rings. The lowest BCUT2D eigenvalue weighted by molar-refractivity contribution is -0.113. The average Bonchev–Trinajstić information content (AvgIpc) is 3.14. The van der Waals surface area contributed by atoms with Crippen LogP contribution in [0.1, 0.15) is 30.0 Å². The summed E-state index contributed by atoms with van der Waals surface area (Å²) in [6, 6.07) is 13.9. The van der Waals surface area contributed by atoms with Gasteiger partial charge in [-0.3, -0.25) is 9.59 Å². The smallest absolute Gasteiger partial charge is 0.234 e. The first-order valence-electron chi connectivity index (χ1n) is 9.30. The summed E-state index contributed by atoms with van der Waals surface area (Å²) in [5.41, 5.74) is 1.24. The summed E-state index contributed by atoms with van der Waals surface area (Å²) in [6.45, 7) is 4.40. The molecule has 0 aliphatic heterocycles. The van der Waals surface area contributed by atoms with E-state index in [4.69, 9.17) is 16.3 Å². The SMILES string of the molecule is CCn1c(COc2ccc(Cl)cc2)nnc1SCC(=O)Nc1ccc(C(C)=O)cc1. The number of Topliss-reactive ketones (excluding diaryl/α,β-unsaturated/α-hetero) is 1. The first-order valence-corrected chi connectivity index (χ1v) is 10.7. The van der Waals surface area contributed by atoms with Gasteiger partial charge in [-0.15, -0.1) is 10.2 Å². The van der Waals surface area contributed by atoms with Gasteiger partial charge in [0.1, 0.15) is 12.4 Å². The Morgan fingerprint density at radius 2 is 1.80 bits per heavy atom. The lowest BCUT2D eigenvalue weighted by Gasteiger charge is -2.09. The third-order valence-electron chi connectivity index (χ3n) is 4.20. The highest BCUT2D eigenvalue weighted by molar-refractivity contribution is 7.99. The number of ether oxygens (including phenoxy) is 1. The monoisotopic (exact) mass is 444 g/mol. The lowest BCUT2D eigenvalue weighted by Crippen LogP contribution is -2.15. The van der Waals surface area contributed by atoms with Gasteiger partial charge in [-0.25, -0.2) is 0 Å². The van der Waals surface area contributed by atoms with Crippen LogP contribution < -0.4 is 10.1 Å². The number of ketones is 1. The summed E-state index contributed by atoms with van der Waals surface area (Å²) in [7, 11) is 0. The Labute approximate surface area is 183 Å². The molecular formula is C21H21ClN4O3S. The second-order valence-corrected chi connectivity index (χ2v) is 7.73. The average molecular weight is 445 g/mol. The Balaban J connectivity index is 1.55. The van der Waals surface area contributed by atoms with Crippen LogP contribution in [0.25, 0.3) is 0 Å². The van der Waals surface area contributed by atoms with Crippen LogP contribution in [0.3, 0.4) is 0 Å². The van der Waals surface area contributed by atoms with E-state index in [1.807, 2.05) is 11.5 Å². The zero-order valence-corrected chi connectivity index (χ0v) is 18.2. The molecule has 0 saturated heterocycles. The molecule has 2 aromatic carbocycles. The predicted molar refractivity (Wildman–Crippen MR) is 117 cm³/mol. The summed E-state index contributed by atoms with van der Waals surface area (Å²) in [5.74, 6) is 1.37. The fraction of sp³-hybridized carbons (Fsp3) is 0.238. The number of amides is 1. The zero-order valence-electron chi connectivity index (χ0n) is 16.6. The first kappa shape index (κ1) is 21.9. The van der Waals surface area contributed by atoms with Crippen LogP contribution in [-0.2, 0) is 17.9 Å². The van der Waals surface area contributed by atoms with Gasteiger partial charge in [-0.2, -0.15) is 0 Å². The van der Waals surface area contributed by atoms with Gasteiger partial charge in [-0.05, 0) is 62.4 Å². The maximum Gasteiger partial charge on any atom is 0.234 e. The molecule has 1 N–H and O–H groups in total. The first-order chi connectivity index (χ1) is 14.5. The van der Waals surface area contributed by atoms with Gasteiger partial charge in [0, 0.05) is 22.8 Å². The number of carbonyl (C=O) groups excluding carboxylic acids is 2. The van der Waals surface area contributed by atoms with E-state index in [1.54, 1.807) is 48.5 Å². The molecule has 0 bridgehead atoms. The molecule has 1 amide bonds. The molecule has 0 aliphatic rings. The summed E-state index contributed by atoms with van der Waals surface area (Å²) >= 11 is 7.18. The second kappa shape index (κ2) is 10.3. The van der Waals surface area contributed by atoms with E-state index in [-0.39, 0.29) is 24.1 Å². The topological polar surface area (TPSA) is 86.1 Å². The normalized spacial score (nSPS) is 10.6. The van der Waals surface area contributed by atoms with E-state index in [9.17, 15) is 9.59 Å². The highest BCUT2D eigenvalue weighted by atomic mass is 35.5. The standard InChI is InChI=1S/C21H21ClN4O3S/c1-3-26-19(12-29-18-10-6-16(22)7-11-18)24-25-21(26)30-13-20(28)23-17-8-4-15(5-9-17)14(2)27/h4-11H,3,12-13H2,1-2H3,(H,23,28). The van der Waals surface area contributed by atoms with Crippen molar-refractivity contribution in [2.24, 2.45) is 0 Å². The van der Waals surface area contributed by atoms with E-state index in [0.717, 1.165) is 0 Å². The van der Waals surface area contributed by atoms with Gasteiger partial charge in [0.15, 0.2) is 16.8 Å². The van der Waals surface area contributed by atoms with E-state index < -0.39 is 0 Å². The maximum absolute atomic E-state index is 12.3. The fourth-order valence-electron chi connectivity index (χ4n) is 2.64. The Hall–Kier alpha value is -2.84. The number of anilines is 1. The largest absolute Gasteiger partial charge is 0.486 e. The van der Waals surface area contributed by atoms with Gasteiger partial charge in [0.2, 0.25) is 5.91 Å². The van der Waals surface area contributed by atoms with Crippen molar-refractivity contribution >= 4 is 40.7 Å². The molecule has 1 aromatic heterocycles. The molecule has 0 saturated carbocycles. The summed E-state index contributed by atoms with van der Waals surface area (Å²) in [5, 5.41) is 12.5. The second-order valence-electron chi connectivity index (χ2n) is 6.36. The van der Waals surface area contributed by atoms with Crippen LogP contribution in [0.4, 0.5) is 5.69 Å². The van der Waals surface area contributed by atoms with E-state index in [2.05, 4.69) is 15.5 Å². The van der Waals surface area contributed by atoms with Crippen LogP contribution in [-0.4, -0.2) is 32.2 Å². The minimum Gasteiger partial charge on any atom is -0.486 e. The number of halogens is 1. The minimum absolute atomic E-state index is 0.0156. The molecular weight excluding hydrogens is 424 g/mol. The Morgan fingerprint density at radius 1 is 1.10 bits per heavy atom. The maximum atomic E-state index is 12.3. The number of hydrogen-bond acceptors (Lipinski definition) is 6. The van der Waals surface area contributed by atoms with Gasteiger partial charge in [-0.1, -0.05) is 23.4 Å². The predicted octanol–water partition coefficient (Wildman–Crippen LogP) is 4.46. The lowest BCUT2D eigenvalue weighted by atomic mass is 10.1. The molecule has 0 unspecified atom stereocenters. The third-order valence-corrected chi connectivity index (χ3v) is 5.42. The van der Waals surface area contributed by atoms with E-state index in [0.29, 0.717) is 39.5 Å². The minimum atomic E-state index is -0.166. The van der Waals surface area contributed by atoms with Gasteiger partial charge in [0.05, 0.1) is 5.75 Å². The van der Waals surface area contributed by atoms with Gasteiger partial charge < -0.3 is 14.6 Å². The quantitative estimate of drug-likeness (QED) is 0.387. The van der Waals surface area contributed by atoms with Crippen molar-refractivity contribution in [3.63, 3.8) is 0 Å². The number of rotatable bonds is 9. The molecule has 30 heavy (non-hydrogen) atoms. The van der Waals surface area contributed by atoms with Crippen molar-refractivity contribution < 1.29 is 14.3 Å². The van der Waals surface area contributed by atoms with Crippen LogP contribution in [0.5, 0.6) is 5.75 Å². The summed E-state index contributed by atoms with van der Waals surface area (Å²) in [4.78, 5) is 23.6. The third kappa shape index (κ3) is 5.84. The summed E-state index contributed by atoms with van der Waals surface area (Å²) in [6.07, 6.45) is 0.